The van der Waals surface area contributed by atoms with E-state index in [0.29, 0.717) is 0 Å². The van der Waals surface area contributed by atoms with Gasteiger partial charge >= 0.3 is 0 Å². The van der Waals surface area contributed by atoms with Crippen LogP contribution in [0.3, 0.4) is 0 Å². The van der Waals surface area contributed by atoms with Gasteiger partial charge in [0.1, 0.15) is 0 Å². The Bertz CT molecular complexity index is 942. The smallest absolute Gasteiger partial charge is 0.157 e. The maximum Gasteiger partial charge on any atom is 0.157 e. The molecule has 3 nitrogen and oxygen atoms in total. The van der Waals surface area contributed by atoms with Gasteiger partial charge in [-0.15, -0.1) is 0 Å². The minimum absolute atomic E-state index is 0.116. The molecule has 0 radical (unpaired) electrons. The average molecular weight is 319 g/mol. The number of phenols is 2. The molecular formula is C21H21NO2. The zero-order chi connectivity index (χ0) is 17.3. The van der Waals surface area contributed by atoms with Gasteiger partial charge in [0, 0.05) is 5.39 Å². The maximum absolute atomic E-state index is 9.57. The molecule has 0 fully saturated rings. The number of pyridine rings is 1. The van der Waals surface area contributed by atoms with Crippen LogP contribution >= 0.6 is 0 Å². The number of aryl methyl sites for hydroxylation is 3. The molecule has 2 aromatic carbocycles. The van der Waals surface area contributed by atoms with Gasteiger partial charge in [-0.1, -0.05) is 31.2 Å². The van der Waals surface area contributed by atoms with E-state index in [4.69, 9.17) is 4.98 Å². The van der Waals surface area contributed by atoms with Crippen molar-refractivity contribution in [2.45, 2.75) is 27.2 Å². The van der Waals surface area contributed by atoms with Gasteiger partial charge < -0.3 is 10.2 Å². The Balaban J connectivity index is 2.04. The third-order valence-electron chi connectivity index (χ3n) is 4.34. The lowest BCUT2D eigenvalue weighted by atomic mass is 9.97. The van der Waals surface area contributed by atoms with E-state index < -0.39 is 0 Å². The van der Waals surface area contributed by atoms with Crippen molar-refractivity contribution in [2.24, 2.45) is 0 Å². The van der Waals surface area contributed by atoms with Gasteiger partial charge in [-0.3, -0.25) is 0 Å². The highest BCUT2D eigenvalue weighted by atomic mass is 16.3. The SMILES string of the molecule is CCc1c(C)cc(C)c2ccc(/C=C/c3ccc(O)c(O)c3)nc12. The predicted molar refractivity (Wildman–Crippen MR) is 99.3 cm³/mol. The first-order valence-electron chi connectivity index (χ1n) is 8.09. The van der Waals surface area contributed by atoms with Crippen molar-refractivity contribution in [1.29, 1.82) is 0 Å². The minimum atomic E-state index is -0.122. The molecule has 3 rings (SSSR count). The highest BCUT2D eigenvalue weighted by Gasteiger charge is 2.08. The normalized spacial score (nSPS) is 11.5. The molecule has 3 aromatic rings. The van der Waals surface area contributed by atoms with E-state index in [1.54, 1.807) is 6.07 Å². The Morgan fingerprint density at radius 1 is 0.917 bits per heavy atom. The van der Waals surface area contributed by atoms with Crippen LogP contribution in [-0.2, 0) is 6.42 Å². The lowest BCUT2D eigenvalue weighted by Crippen LogP contribution is -1.95. The van der Waals surface area contributed by atoms with Crippen LogP contribution in [0.5, 0.6) is 11.5 Å². The number of nitrogens with zero attached hydrogens (tertiary/aromatic N) is 1. The number of benzene rings is 2. The fourth-order valence-electron chi connectivity index (χ4n) is 3.06. The van der Waals surface area contributed by atoms with E-state index in [0.717, 1.165) is 23.2 Å². The fourth-order valence-corrected chi connectivity index (χ4v) is 3.06. The summed E-state index contributed by atoms with van der Waals surface area (Å²) < 4.78 is 0. The van der Waals surface area contributed by atoms with Crippen molar-refractivity contribution < 1.29 is 10.2 Å². The summed E-state index contributed by atoms with van der Waals surface area (Å²) in [7, 11) is 0. The number of aromatic hydroxyl groups is 2. The number of phenolic OH excluding ortho intramolecular Hbond substituents is 2. The second kappa shape index (κ2) is 6.36. The van der Waals surface area contributed by atoms with Crippen LogP contribution < -0.4 is 0 Å². The summed E-state index contributed by atoms with van der Waals surface area (Å²) >= 11 is 0. The predicted octanol–water partition coefficient (Wildman–Crippen LogP) is 5.00. The summed E-state index contributed by atoms with van der Waals surface area (Å²) in [5.74, 6) is -0.238. The number of hydrogen-bond acceptors (Lipinski definition) is 3. The van der Waals surface area contributed by atoms with Gasteiger partial charge in [0.05, 0.1) is 11.2 Å². The van der Waals surface area contributed by atoms with Crippen LogP contribution in [0.15, 0.2) is 36.4 Å². The fraction of sp³-hybridized carbons (Fsp3) is 0.190. The molecule has 0 aliphatic heterocycles. The molecule has 0 aliphatic rings. The van der Waals surface area contributed by atoms with Crippen molar-refractivity contribution in [1.82, 2.24) is 4.98 Å². The third-order valence-corrected chi connectivity index (χ3v) is 4.34. The molecule has 2 N–H and O–H groups in total. The van der Waals surface area contributed by atoms with E-state index in [1.807, 2.05) is 18.2 Å². The molecule has 0 bridgehead atoms. The maximum atomic E-state index is 9.57. The number of aromatic nitrogens is 1. The number of rotatable bonds is 3. The van der Waals surface area contributed by atoms with E-state index in [1.165, 1.54) is 34.2 Å². The molecule has 0 amide bonds. The molecule has 1 aromatic heterocycles. The van der Waals surface area contributed by atoms with Crippen molar-refractivity contribution in [3.05, 3.63) is 64.3 Å². The Kier molecular flexibility index (Phi) is 4.26. The molecule has 0 atom stereocenters. The summed E-state index contributed by atoms with van der Waals surface area (Å²) in [5.41, 5.74) is 6.54. The van der Waals surface area contributed by atoms with Crippen molar-refractivity contribution in [3.8, 4) is 11.5 Å². The summed E-state index contributed by atoms with van der Waals surface area (Å²) in [5, 5.41) is 20.1. The van der Waals surface area contributed by atoms with Gasteiger partial charge in [0.2, 0.25) is 0 Å². The summed E-state index contributed by atoms with van der Waals surface area (Å²) in [4.78, 5) is 4.82. The van der Waals surface area contributed by atoms with Crippen molar-refractivity contribution in [2.75, 3.05) is 0 Å². The van der Waals surface area contributed by atoms with Gasteiger partial charge in [-0.2, -0.15) is 0 Å². The molecule has 0 spiro atoms. The van der Waals surface area contributed by atoms with E-state index >= 15 is 0 Å². The molecule has 1 heterocycles. The largest absolute Gasteiger partial charge is 0.504 e. The van der Waals surface area contributed by atoms with E-state index in [2.05, 4.69) is 32.9 Å². The van der Waals surface area contributed by atoms with E-state index in [9.17, 15) is 10.2 Å². The van der Waals surface area contributed by atoms with Gasteiger partial charge in [-0.25, -0.2) is 4.98 Å². The minimum Gasteiger partial charge on any atom is -0.504 e. The van der Waals surface area contributed by atoms with Gasteiger partial charge in [0.15, 0.2) is 11.5 Å². The van der Waals surface area contributed by atoms with Crippen LogP contribution in [0.4, 0.5) is 0 Å². The Morgan fingerprint density at radius 3 is 2.42 bits per heavy atom. The zero-order valence-electron chi connectivity index (χ0n) is 14.2. The van der Waals surface area contributed by atoms with Crippen LogP contribution in [-0.4, -0.2) is 15.2 Å². The quantitative estimate of drug-likeness (QED) is 0.668. The highest BCUT2D eigenvalue weighted by molar-refractivity contribution is 5.87. The molecular weight excluding hydrogens is 298 g/mol. The topological polar surface area (TPSA) is 53.4 Å². The first-order chi connectivity index (χ1) is 11.5. The summed E-state index contributed by atoms with van der Waals surface area (Å²) in [6.07, 6.45) is 4.75. The molecule has 0 unspecified atom stereocenters. The monoisotopic (exact) mass is 319 g/mol. The second-order valence-electron chi connectivity index (χ2n) is 6.06. The average Bonchev–Trinajstić information content (AvgIpc) is 2.56. The molecule has 3 heteroatoms. The van der Waals surface area contributed by atoms with Crippen molar-refractivity contribution >= 4 is 23.1 Å². The van der Waals surface area contributed by atoms with Crippen molar-refractivity contribution in [3.63, 3.8) is 0 Å². The third kappa shape index (κ3) is 2.98. The Morgan fingerprint density at radius 2 is 1.71 bits per heavy atom. The highest BCUT2D eigenvalue weighted by Crippen LogP contribution is 2.27. The van der Waals surface area contributed by atoms with Crippen LogP contribution in [0, 0.1) is 13.8 Å². The number of hydrogen-bond donors (Lipinski definition) is 2. The van der Waals surface area contributed by atoms with Crippen LogP contribution in [0.1, 0.15) is 34.9 Å². The second-order valence-corrected chi connectivity index (χ2v) is 6.06. The summed E-state index contributed by atoms with van der Waals surface area (Å²) in [6.45, 7) is 6.40. The summed E-state index contributed by atoms with van der Waals surface area (Å²) in [6, 6.07) is 11.1. The lowest BCUT2D eigenvalue weighted by molar-refractivity contribution is 0.403. The molecule has 0 saturated heterocycles. The van der Waals surface area contributed by atoms with Crippen LogP contribution in [0.2, 0.25) is 0 Å². The molecule has 122 valence electrons. The first-order valence-corrected chi connectivity index (χ1v) is 8.09. The standard InChI is InChI=1S/C21H21NO2/c1-4-17-13(2)11-14(3)18-9-8-16(22-21(17)18)7-5-15-6-10-19(23)20(24)12-15/h5-12,23-24H,4H2,1-3H3/b7-5+. The molecule has 0 aliphatic carbocycles. The Hall–Kier alpha value is -2.81. The van der Waals surface area contributed by atoms with Gasteiger partial charge in [-0.05, 0) is 66.8 Å². The molecule has 24 heavy (non-hydrogen) atoms. The van der Waals surface area contributed by atoms with Gasteiger partial charge in [0.25, 0.3) is 0 Å². The van der Waals surface area contributed by atoms with E-state index in [-0.39, 0.29) is 11.5 Å². The zero-order valence-corrected chi connectivity index (χ0v) is 14.2. The Labute approximate surface area is 141 Å². The molecule has 0 saturated carbocycles. The van der Waals surface area contributed by atoms with Crippen LogP contribution in [0.25, 0.3) is 23.1 Å². The lowest BCUT2D eigenvalue weighted by Gasteiger charge is -2.11. The number of fused-ring (bicyclic) bond motifs is 1. The first kappa shape index (κ1) is 16.1.